The maximum Gasteiger partial charge on any atom is 0.131 e. The number of aromatic nitrogens is 3. The van der Waals surface area contributed by atoms with Gasteiger partial charge in [-0.05, 0) is 13.1 Å². The van der Waals surface area contributed by atoms with E-state index in [1.54, 1.807) is 7.05 Å². The van der Waals surface area contributed by atoms with Crippen molar-refractivity contribution in [1.82, 2.24) is 20.7 Å². The predicted octanol–water partition coefficient (Wildman–Crippen LogP) is 1.39. The summed E-state index contributed by atoms with van der Waals surface area (Å²) in [5, 5.41) is 12.9. The highest BCUT2D eigenvalue weighted by Crippen LogP contribution is 2.22. The molecule has 0 saturated heterocycles. The SMILES string of the molecule is CNC(c1cn[nH]n1)c1ccc(F)cc1F. The topological polar surface area (TPSA) is 53.6 Å². The van der Waals surface area contributed by atoms with Crippen molar-refractivity contribution in [2.45, 2.75) is 6.04 Å². The molecule has 1 atom stereocenters. The summed E-state index contributed by atoms with van der Waals surface area (Å²) >= 11 is 0. The highest BCUT2D eigenvalue weighted by Gasteiger charge is 2.18. The molecule has 0 aliphatic rings. The lowest BCUT2D eigenvalue weighted by atomic mass is 10.0. The molecule has 0 aliphatic heterocycles. The largest absolute Gasteiger partial charge is 0.308 e. The molecule has 2 rings (SSSR count). The highest BCUT2D eigenvalue weighted by molar-refractivity contribution is 5.28. The van der Waals surface area contributed by atoms with Gasteiger partial charge in [0.15, 0.2) is 0 Å². The third-order valence-electron chi connectivity index (χ3n) is 2.29. The van der Waals surface area contributed by atoms with Crippen molar-refractivity contribution in [3.8, 4) is 0 Å². The fraction of sp³-hybridized carbons (Fsp3) is 0.200. The Morgan fingerprint density at radius 1 is 1.38 bits per heavy atom. The maximum absolute atomic E-state index is 13.5. The summed E-state index contributed by atoms with van der Waals surface area (Å²) in [4.78, 5) is 0. The van der Waals surface area contributed by atoms with Crippen LogP contribution < -0.4 is 5.32 Å². The van der Waals surface area contributed by atoms with Crippen molar-refractivity contribution in [2.24, 2.45) is 0 Å². The number of aromatic amines is 1. The molecule has 1 unspecified atom stereocenters. The van der Waals surface area contributed by atoms with Crippen LogP contribution in [0.3, 0.4) is 0 Å². The van der Waals surface area contributed by atoms with Crippen LogP contribution in [0.4, 0.5) is 8.78 Å². The van der Waals surface area contributed by atoms with E-state index in [2.05, 4.69) is 20.7 Å². The van der Waals surface area contributed by atoms with E-state index in [1.165, 1.54) is 18.3 Å². The Kier molecular flexibility index (Phi) is 2.91. The fourth-order valence-electron chi connectivity index (χ4n) is 1.55. The van der Waals surface area contributed by atoms with E-state index in [4.69, 9.17) is 0 Å². The number of nitrogens with zero attached hydrogens (tertiary/aromatic N) is 2. The molecule has 1 aromatic heterocycles. The number of benzene rings is 1. The monoisotopic (exact) mass is 224 g/mol. The Morgan fingerprint density at radius 2 is 2.19 bits per heavy atom. The van der Waals surface area contributed by atoms with Gasteiger partial charge in [0, 0.05) is 11.6 Å². The summed E-state index contributed by atoms with van der Waals surface area (Å²) in [6.07, 6.45) is 1.49. The molecule has 1 heterocycles. The first-order valence-corrected chi connectivity index (χ1v) is 4.70. The van der Waals surface area contributed by atoms with E-state index in [0.717, 1.165) is 6.07 Å². The summed E-state index contributed by atoms with van der Waals surface area (Å²) < 4.78 is 26.3. The van der Waals surface area contributed by atoms with Gasteiger partial charge >= 0.3 is 0 Å². The van der Waals surface area contributed by atoms with Gasteiger partial charge in [-0.25, -0.2) is 8.78 Å². The first kappa shape index (κ1) is 10.7. The second kappa shape index (κ2) is 4.36. The van der Waals surface area contributed by atoms with E-state index in [9.17, 15) is 8.78 Å². The third-order valence-corrected chi connectivity index (χ3v) is 2.29. The van der Waals surface area contributed by atoms with E-state index >= 15 is 0 Å². The summed E-state index contributed by atoms with van der Waals surface area (Å²) in [5.41, 5.74) is 0.880. The van der Waals surface area contributed by atoms with Crippen molar-refractivity contribution >= 4 is 0 Å². The van der Waals surface area contributed by atoms with Crippen LogP contribution in [0.5, 0.6) is 0 Å². The zero-order valence-corrected chi connectivity index (χ0v) is 8.54. The van der Waals surface area contributed by atoms with Gasteiger partial charge in [-0.1, -0.05) is 6.07 Å². The highest BCUT2D eigenvalue weighted by atomic mass is 19.1. The van der Waals surface area contributed by atoms with E-state index < -0.39 is 17.7 Å². The van der Waals surface area contributed by atoms with Crippen molar-refractivity contribution in [3.63, 3.8) is 0 Å². The number of halogens is 2. The maximum atomic E-state index is 13.5. The van der Waals surface area contributed by atoms with Crippen molar-refractivity contribution in [1.29, 1.82) is 0 Å². The molecule has 2 aromatic rings. The summed E-state index contributed by atoms with van der Waals surface area (Å²) in [5.74, 6) is -1.21. The lowest BCUT2D eigenvalue weighted by Crippen LogP contribution is -2.19. The molecule has 0 fully saturated rings. The van der Waals surface area contributed by atoms with Gasteiger partial charge in [-0.15, -0.1) is 0 Å². The molecule has 1 aromatic carbocycles. The summed E-state index contributed by atoms with van der Waals surface area (Å²) in [6.45, 7) is 0. The molecule has 4 nitrogen and oxygen atoms in total. The smallest absolute Gasteiger partial charge is 0.131 e. The van der Waals surface area contributed by atoms with Gasteiger partial charge in [-0.3, -0.25) is 0 Å². The van der Waals surface area contributed by atoms with Crippen LogP contribution in [-0.2, 0) is 0 Å². The molecule has 0 radical (unpaired) electrons. The molecule has 0 saturated carbocycles. The number of hydrogen-bond acceptors (Lipinski definition) is 3. The minimum absolute atomic E-state index is 0.331. The van der Waals surface area contributed by atoms with Crippen LogP contribution in [0.15, 0.2) is 24.4 Å². The lowest BCUT2D eigenvalue weighted by molar-refractivity contribution is 0.548. The summed E-state index contributed by atoms with van der Waals surface area (Å²) in [6, 6.07) is 3.00. The first-order valence-electron chi connectivity index (χ1n) is 4.70. The second-order valence-electron chi connectivity index (χ2n) is 3.28. The van der Waals surface area contributed by atoms with Crippen molar-refractivity contribution in [3.05, 3.63) is 47.3 Å². The summed E-state index contributed by atoms with van der Waals surface area (Å²) in [7, 11) is 1.67. The van der Waals surface area contributed by atoms with Gasteiger partial charge in [-0.2, -0.15) is 15.4 Å². The fourth-order valence-corrected chi connectivity index (χ4v) is 1.55. The number of hydrogen-bond donors (Lipinski definition) is 2. The number of rotatable bonds is 3. The van der Waals surface area contributed by atoms with E-state index in [0.29, 0.717) is 11.3 Å². The molecule has 6 heteroatoms. The Morgan fingerprint density at radius 3 is 2.75 bits per heavy atom. The van der Waals surface area contributed by atoms with Crippen LogP contribution in [0.2, 0.25) is 0 Å². The Hall–Kier alpha value is -1.82. The predicted molar refractivity (Wildman–Crippen MR) is 53.6 cm³/mol. The molecule has 2 N–H and O–H groups in total. The van der Waals surface area contributed by atoms with E-state index in [1.807, 2.05) is 0 Å². The zero-order chi connectivity index (χ0) is 11.5. The molecular weight excluding hydrogens is 214 g/mol. The zero-order valence-electron chi connectivity index (χ0n) is 8.54. The van der Waals surface area contributed by atoms with Crippen molar-refractivity contribution in [2.75, 3.05) is 7.05 Å². The van der Waals surface area contributed by atoms with Gasteiger partial charge in [0.1, 0.15) is 17.3 Å². The van der Waals surface area contributed by atoms with Crippen LogP contribution in [0.25, 0.3) is 0 Å². The quantitative estimate of drug-likeness (QED) is 0.828. The van der Waals surface area contributed by atoms with Crippen LogP contribution >= 0.6 is 0 Å². The molecule has 0 amide bonds. The second-order valence-corrected chi connectivity index (χ2v) is 3.28. The van der Waals surface area contributed by atoms with Gasteiger partial charge in [0.05, 0.1) is 12.2 Å². The third kappa shape index (κ3) is 1.92. The molecule has 0 spiro atoms. The van der Waals surface area contributed by atoms with Crippen LogP contribution in [0, 0.1) is 11.6 Å². The van der Waals surface area contributed by atoms with Gasteiger partial charge in [0.2, 0.25) is 0 Å². The standard InChI is InChI=1S/C10H10F2N4/c1-13-10(9-5-14-16-15-9)7-3-2-6(11)4-8(7)12/h2-5,10,13H,1H3,(H,14,15,16). The Balaban J connectivity index is 2.41. The molecule has 0 bridgehead atoms. The van der Waals surface area contributed by atoms with Crippen LogP contribution in [-0.4, -0.2) is 22.5 Å². The first-order chi connectivity index (χ1) is 7.72. The average Bonchev–Trinajstić information content (AvgIpc) is 2.75. The minimum Gasteiger partial charge on any atom is -0.308 e. The van der Waals surface area contributed by atoms with Gasteiger partial charge in [0.25, 0.3) is 0 Å². The molecular formula is C10H10F2N4. The normalized spacial score (nSPS) is 12.7. The molecule has 16 heavy (non-hydrogen) atoms. The molecule has 84 valence electrons. The van der Waals surface area contributed by atoms with Crippen molar-refractivity contribution < 1.29 is 8.78 Å². The van der Waals surface area contributed by atoms with Crippen LogP contribution in [0.1, 0.15) is 17.3 Å². The lowest BCUT2D eigenvalue weighted by Gasteiger charge is -2.14. The molecule has 0 aliphatic carbocycles. The van der Waals surface area contributed by atoms with E-state index in [-0.39, 0.29) is 0 Å². The Bertz CT molecular complexity index is 470. The minimum atomic E-state index is -0.609. The number of nitrogens with one attached hydrogen (secondary N) is 2. The average molecular weight is 224 g/mol. The Labute approximate surface area is 90.7 Å². The van der Waals surface area contributed by atoms with Gasteiger partial charge < -0.3 is 5.32 Å². The number of H-pyrrole nitrogens is 1.